The van der Waals surface area contributed by atoms with Crippen LogP contribution in [0, 0.1) is 13.8 Å². The van der Waals surface area contributed by atoms with Crippen molar-refractivity contribution in [3.8, 4) is 0 Å². The number of hydrogen-bond acceptors (Lipinski definition) is 2. The second-order valence-corrected chi connectivity index (χ2v) is 5.76. The van der Waals surface area contributed by atoms with Crippen LogP contribution < -0.4 is 0 Å². The first kappa shape index (κ1) is 14.1. The molecule has 3 aromatic rings. The predicted molar refractivity (Wildman–Crippen MR) is 85.7 cm³/mol. The van der Waals surface area contributed by atoms with Crippen LogP contribution in [0.2, 0.25) is 5.02 Å². The lowest BCUT2D eigenvalue weighted by atomic mass is 10.1. The van der Waals surface area contributed by atoms with E-state index in [0.717, 1.165) is 21.6 Å². The van der Waals surface area contributed by atoms with E-state index in [0.29, 0.717) is 12.4 Å². The third-order valence-corrected chi connectivity index (χ3v) is 4.05. The Bertz CT molecular complexity index is 808. The zero-order chi connectivity index (χ0) is 15.0. The number of rotatable bonds is 3. The van der Waals surface area contributed by atoms with E-state index in [-0.39, 0.29) is 6.61 Å². The second-order valence-electron chi connectivity index (χ2n) is 5.33. The summed E-state index contributed by atoms with van der Waals surface area (Å²) in [6.45, 7) is 4.73. The van der Waals surface area contributed by atoms with Crippen LogP contribution in [0.25, 0.3) is 11.0 Å². The van der Waals surface area contributed by atoms with Crippen molar-refractivity contribution in [2.24, 2.45) is 0 Å². The molecule has 0 saturated heterocycles. The molecule has 0 aliphatic heterocycles. The number of hydrogen-bond donors (Lipinski definition) is 1. The minimum Gasteiger partial charge on any atom is -0.388 e. The Kier molecular flexibility index (Phi) is 3.70. The van der Waals surface area contributed by atoms with Gasteiger partial charge in [0.25, 0.3) is 0 Å². The van der Waals surface area contributed by atoms with Crippen molar-refractivity contribution in [2.75, 3.05) is 0 Å². The van der Waals surface area contributed by atoms with Gasteiger partial charge in [-0.15, -0.1) is 0 Å². The van der Waals surface area contributed by atoms with Crippen LogP contribution in [0.3, 0.4) is 0 Å². The molecule has 21 heavy (non-hydrogen) atoms. The summed E-state index contributed by atoms with van der Waals surface area (Å²) in [5, 5.41) is 10.3. The molecule has 0 unspecified atom stereocenters. The largest absolute Gasteiger partial charge is 0.388 e. The molecule has 0 spiro atoms. The number of aliphatic hydroxyl groups excluding tert-OH is 1. The van der Waals surface area contributed by atoms with E-state index in [1.165, 1.54) is 11.1 Å². The highest BCUT2D eigenvalue weighted by atomic mass is 35.5. The molecule has 0 aliphatic carbocycles. The van der Waals surface area contributed by atoms with E-state index >= 15 is 0 Å². The molecule has 3 rings (SSSR count). The van der Waals surface area contributed by atoms with Gasteiger partial charge in [-0.3, -0.25) is 0 Å². The molecule has 1 N–H and O–H groups in total. The van der Waals surface area contributed by atoms with Crippen LogP contribution in [0.1, 0.15) is 22.5 Å². The highest BCUT2D eigenvalue weighted by Gasteiger charge is 2.12. The van der Waals surface area contributed by atoms with Crippen LogP contribution in [0.15, 0.2) is 36.4 Å². The van der Waals surface area contributed by atoms with Gasteiger partial charge in [-0.2, -0.15) is 0 Å². The van der Waals surface area contributed by atoms with Crippen LogP contribution in [0.4, 0.5) is 0 Å². The topological polar surface area (TPSA) is 38.1 Å². The average molecular weight is 301 g/mol. The molecule has 0 fully saturated rings. The molecule has 2 aromatic carbocycles. The van der Waals surface area contributed by atoms with Crippen molar-refractivity contribution in [1.82, 2.24) is 9.55 Å². The molecule has 0 atom stereocenters. The zero-order valence-electron chi connectivity index (χ0n) is 12.1. The van der Waals surface area contributed by atoms with E-state index in [1.54, 1.807) is 0 Å². The van der Waals surface area contributed by atoms with Crippen molar-refractivity contribution >= 4 is 22.6 Å². The number of aromatic nitrogens is 2. The predicted octanol–water partition coefficient (Wildman–Crippen LogP) is 3.85. The number of fused-ring (bicyclic) bond motifs is 1. The molecule has 4 heteroatoms. The van der Waals surface area contributed by atoms with Gasteiger partial charge in [-0.1, -0.05) is 23.7 Å². The maximum atomic E-state index is 9.58. The summed E-state index contributed by atoms with van der Waals surface area (Å²) in [5.74, 6) is 0.676. The lowest BCUT2D eigenvalue weighted by Crippen LogP contribution is -2.05. The number of halogens is 1. The summed E-state index contributed by atoms with van der Waals surface area (Å²) < 4.78 is 2.05. The molecule has 0 bridgehead atoms. The molecule has 1 heterocycles. The monoisotopic (exact) mass is 300 g/mol. The normalized spacial score (nSPS) is 11.2. The third-order valence-electron chi connectivity index (χ3n) is 3.81. The molecule has 1 aromatic heterocycles. The number of benzene rings is 2. The summed E-state index contributed by atoms with van der Waals surface area (Å²) in [6.07, 6.45) is 0. The van der Waals surface area contributed by atoms with Gasteiger partial charge >= 0.3 is 0 Å². The van der Waals surface area contributed by atoms with Gasteiger partial charge in [0.1, 0.15) is 12.4 Å². The minimum absolute atomic E-state index is 0.0761. The average Bonchev–Trinajstić information content (AvgIpc) is 2.77. The van der Waals surface area contributed by atoms with Crippen LogP contribution in [-0.4, -0.2) is 14.7 Å². The maximum Gasteiger partial charge on any atom is 0.136 e. The fourth-order valence-corrected chi connectivity index (χ4v) is 2.76. The van der Waals surface area contributed by atoms with Gasteiger partial charge in [-0.05, 0) is 54.8 Å². The molecule has 3 nitrogen and oxygen atoms in total. The standard InChI is InChI=1S/C17H17ClN2O/c1-11-6-15-16(7-12(11)2)20(17(10-21)19-15)9-13-4-3-5-14(18)8-13/h3-8,21H,9-10H2,1-2H3. The Labute approximate surface area is 128 Å². The molecule has 0 radical (unpaired) electrons. The molecular formula is C17H17ClN2O. The smallest absolute Gasteiger partial charge is 0.136 e. The van der Waals surface area contributed by atoms with E-state index in [9.17, 15) is 5.11 Å². The van der Waals surface area contributed by atoms with Gasteiger partial charge in [0.2, 0.25) is 0 Å². The van der Waals surface area contributed by atoms with Gasteiger partial charge in [0, 0.05) is 11.6 Å². The van der Waals surface area contributed by atoms with Crippen molar-refractivity contribution in [3.63, 3.8) is 0 Å². The maximum absolute atomic E-state index is 9.58. The van der Waals surface area contributed by atoms with Crippen molar-refractivity contribution in [3.05, 3.63) is 63.9 Å². The molecular weight excluding hydrogens is 284 g/mol. The van der Waals surface area contributed by atoms with Gasteiger partial charge in [0.15, 0.2) is 0 Å². The molecule has 0 aliphatic rings. The minimum atomic E-state index is -0.0761. The first-order chi connectivity index (χ1) is 10.1. The molecule has 0 saturated carbocycles. The third kappa shape index (κ3) is 2.67. The first-order valence-electron chi connectivity index (χ1n) is 6.90. The summed E-state index contributed by atoms with van der Waals surface area (Å²) in [6, 6.07) is 12.0. The lowest BCUT2D eigenvalue weighted by Gasteiger charge is -2.09. The zero-order valence-corrected chi connectivity index (χ0v) is 12.9. The Hall–Kier alpha value is -1.84. The summed E-state index contributed by atoms with van der Waals surface area (Å²) >= 11 is 6.05. The van der Waals surface area contributed by atoms with Crippen molar-refractivity contribution in [2.45, 2.75) is 27.0 Å². The molecule has 0 amide bonds. The fourth-order valence-electron chi connectivity index (χ4n) is 2.54. The van der Waals surface area contributed by atoms with Crippen LogP contribution >= 0.6 is 11.6 Å². The lowest BCUT2D eigenvalue weighted by molar-refractivity contribution is 0.267. The summed E-state index contributed by atoms with van der Waals surface area (Å²) in [5.41, 5.74) is 5.49. The van der Waals surface area contributed by atoms with E-state index in [4.69, 9.17) is 11.6 Å². The molecule has 108 valence electrons. The van der Waals surface area contributed by atoms with E-state index < -0.39 is 0 Å². The Morgan fingerprint density at radius 1 is 1.14 bits per heavy atom. The number of aryl methyl sites for hydroxylation is 2. The fraction of sp³-hybridized carbons (Fsp3) is 0.235. The number of aliphatic hydroxyl groups is 1. The highest BCUT2D eigenvalue weighted by Crippen LogP contribution is 2.23. The van der Waals surface area contributed by atoms with E-state index in [1.807, 2.05) is 28.8 Å². The SMILES string of the molecule is Cc1cc2nc(CO)n(Cc3cccc(Cl)c3)c2cc1C. The van der Waals surface area contributed by atoms with E-state index in [2.05, 4.69) is 31.0 Å². The quantitative estimate of drug-likeness (QED) is 0.798. The Morgan fingerprint density at radius 2 is 1.90 bits per heavy atom. The van der Waals surface area contributed by atoms with Gasteiger partial charge in [-0.25, -0.2) is 4.98 Å². The number of nitrogens with zero attached hydrogens (tertiary/aromatic N) is 2. The Balaban J connectivity index is 2.14. The number of imidazole rings is 1. The highest BCUT2D eigenvalue weighted by molar-refractivity contribution is 6.30. The summed E-state index contributed by atoms with van der Waals surface area (Å²) in [7, 11) is 0. The van der Waals surface area contributed by atoms with Gasteiger partial charge < -0.3 is 9.67 Å². The van der Waals surface area contributed by atoms with Crippen LogP contribution in [0.5, 0.6) is 0 Å². The van der Waals surface area contributed by atoms with Gasteiger partial charge in [0.05, 0.1) is 11.0 Å². The Morgan fingerprint density at radius 3 is 2.62 bits per heavy atom. The summed E-state index contributed by atoms with van der Waals surface area (Å²) in [4.78, 5) is 4.53. The van der Waals surface area contributed by atoms with Crippen molar-refractivity contribution < 1.29 is 5.11 Å². The first-order valence-corrected chi connectivity index (χ1v) is 7.28. The second kappa shape index (κ2) is 5.51. The van der Waals surface area contributed by atoms with Crippen LogP contribution in [-0.2, 0) is 13.2 Å². The van der Waals surface area contributed by atoms with Crippen molar-refractivity contribution in [1.29, 1.82) is 0 Å².